The topological polar surface area (TPSA) is 66.8 Å². The number of hydrogen-bond donors (Lipinski definition) is 2. The number of ether oxygens (including phenoxy) is 1. The van der Waals surface area contributed by atoms with Crippen LogP contribution in [-0.4, -0.2) is 35.5 Å². The molecule has 4 atom stereocenters. The monoisotopic (exact) mass is 310 g/mol. The summed E-state index contributed by atoms with van der Waals surface area (Å²) < 4.78 is 5.30. The van der Waals surface area contributed by atoms with Gasteiger partial charge in [0, 0.05) is 0 Å². The van der Waals surface area contributed by atoms with Crippen molar-refractivity contribution in [1.29, 1.82) is 0 Å². The molecule has 0 aromatic carbocycles. The van der Waals surface area contributed by atoms with Crippen LogP contribution in [0.2, 0.25) is 0 Å². The molecular weight excluding hydrogens is 280 g/mol. The minimum Gasteiger partial charge on any atom is -0.462 e. The van der Waals surface area contributed by atoms with E-state index < -0.39 is 6.10 Å². The van der Waals surface area contributed by atoms with Crippen LogP contribution < -0.4 is 0 Å². The van der Waals surface area contributed by atoms with E-state index in [2.05, 4.69) is 26.8 Å². The van der Waals surface area contributed by atoms with Gasteiger partial charge in [-0.3, -0.25) is 4.79 Å². The summed E-state index contributed by atoms with van der Waals surface area (Å²) >= 11 is 0. The molecule has 2 aliphatic carbocycles. The van der Waals surface area contributed by atoms with Crippen molar-refractivity contribution < 1.29 is 19.7 Å². The highest BCUT2D eigenvalue weighted by Gasteiger charge is 2.54. The summed E-state index contributed by atoms with van der Waals surface area (Å²) in [5.74, 6) is -0.0272. The van der Waals surface area contributed by atoms with Gasteiger partial charge in [0.25, 0.3) is 0 Å². The van der Waals surface area contributed by atoms with Crippen LogP contribution in [0.4, 0.5) is 0 Å². The van der Waals surface area contributed by atoms with Gasteiger partial charge in [-0.2, -0.15) is 0 Å². The molecule has 0 radical (unpaired) electrons. The third kappa shape index (κ3) is 3.09. The lowest BCUT2D eigenvalue weighted by atomic mass is 9.49. The van der Waals surface area contributed by atoms with Crippen molar-refractivity contribution in [3.63, 3.8) is 0 Å². The molecule has 0 spiro atoms. The van der Waals surface area contributed by atoms with E-state index in [9.17, 15) is 9.90 Å². The number of esters is 1. The third-order valence-corrected chi connectivity index (χ3v) is 5.93. The predicted molar refractivity (Wildman–Crippen MR) is 85.1 cm³/mol. The summed E-state index contributed by atoms with van der Waals surface area (Å²) in [5.41, 5.74) is 1.23. The van der Waals surface area contributed by atoms with Crippen LogP contribution in [0.1, 0.15) is 53.4 Å². The van der Waals surface area contributed by atoms with Gasteiger partial charge in [-0.15, -0.1) is 0 Å². The molecule has 1 fully saturated rings. The van der Waals surface area contributed by atoms with Gasteiger partial charge in [0.15, 0.2) is 0 Å². The number of hydrogen-bond acceptors (Lipinski definition) is 4. The van der Waals surface area contributed by atoms with Gasteiger partial charge in [-0.25, -0.2) is 0 Å². The first-order valence-electron chi connectivity index (χ1n) is 8.34. The number of allylic oxidation sites excluding steroid dienone is 1. The molecule has 22 heavy (non-hydrogen) atoms. The Labute approximate surface area is 133 Å². The minimum atomic E-state index is -0.997. The first-order valence-corrected chi connectivity index (χ1v) is 8.34. The number of aliphatic hydroxyl groups is 2. The number of aliphatic hydroxyl groups excluding tert-OH is 2. The van der Waals surface area contributed by atoms with Crippen LogP contribution in [0.3, 0.4) is 0 Å². The highest BCUT2D eigenvalue weighted by Crippen LogP contribution is 2.59. The fourth-order valence-corrected chi connectivity index (χ4v) is 4.81. The van der Waals surface area contributed by atoms with Gasteiger partial charge >= 0.3 is 5.97 Å². The van der Waals surface area contributed by atoms with Crippen LogP contribution in [-0.2, 0) is 9.53 Å². The van der Waals surface area contributed by atoms with Crippen LogP contribution in [0.25, 0.3) is 0 Å². The Kier molecular flexibility index (Phi) is 5.03. The Hall–Kier alpha value is -0.870. The fourth-order valence-electron chi connectivity index (χ4n) is 4.81. The predicted octanol–water partition coefficient (Wildman–Crippen LogP) is 2.68. The maximum Gasteiger partial charge on any atom is 0.313 e. The summed E-state index contributed by atoms with van der Waals surface area (Å²) in [6.45, 7) is 8.33. The molecule has 126 valence electrons. The van der Waals surface area contributed by atoms with Crippen LogP contribution >= 0.6 is 0 Å². The Morgan fingerprint density at radius 2 is 2.09 bits per heavy atom. The molecular formula is C18H30O4. The van der Waals surface area contributed by atoms with Gasteiger partial charge in [-0.1, -0.05) is 38.8 Å². The quantitative estimate of drug-likeness (QED) is 0.619. The molecule has 0 aromatic heterocycles. The average molecular weight is 310 g/mol. The number of fused-ring (bicyclic) bond motifs is 1. The maximum atomic E-state index is 12.6. The highest BCUT2D eigenvalue weighted by molar-refractivity contribution is 5.77. The van der Waals surface area contributed by atoms with Crippen molar-refractivity contribution in [2.75, 3.05) is 13.2 Å². The van der Waals surface area contributed by atoms with Crippen molar-refractivity contribution in [3.8, 4) is 0 Å². The maximum absolute atomic E-state index is 12.6. The van der Waals surface area contributed by atoms with Gasteiger partial charge in [0.1, 0.15) is 12.7 Å². The molecule has 2 aliphatic rings. The standard InChI is InChI=1S/C18H30O4/c1-12-6-7-14-17(2,3)8-5-9-18(14,4)15(12)16(21)22-11-13(20)10-19/h6,13-15,19-20H,5,7-11H2,1-4H3/t13?,14-,15-,18+/m1/s1. The summed E-state index contributed by atoms with van der Waals surface area (Å²) in [7, 11) is 0. The van der Waals surface area contributed by atoms with E-state index in [1.54, 1.807) is 0 Å². The second-order valence-corrected chi connectivity index (χ2v) is 7.98. The Morgan fingerprint density at radius 1 is 1.41 bits per heavy atom. The van der Waals surface area contributed by atoms with Crippen LogP contribution in [0, 0.1) is 22.7 Å². The molecule has 4 nitrogen and oxygen atoms in total. The van der Waals surface area contributed by atoms with E-state index in [4.69, 9.17) is 9.84 Å². The van der Waals surface area contributed by atoms with Gasteiger partial charge in [0.05, 0.1) is 12.5 Å². The van der Waals surface area contributed by atoms with Crippen LogP contribution in [0.5, 0.6) is 0 Å². The lowest BCUT2D eigenvalue weighted by molar-refractivity contribution is -0.161. The van der Waals surface area contributed by atoms with Crippen molar-refractivity contribution in [2.45, 2.75) is 59.5 Å². The van der Waals surface area contributed by atoms with E-state index in [1.165, 1.54) is 6.42 Å². The zero-order chi connectivity index (χ0) is 16.5. The number of carbonyl (C=O) groups is 1. The summed E-state index contributed by atoms with van der Waals surface area (Å²) in [5, 5.41) is 18.3. The lowest BCUT2D eigenvalue weighted by Crippen LogP contribution is -2.51. The second-order valence-electron chi connectivity index (χ2n) is 7.98. The SMILES string of the molecule is CC1=CC[C@@H]2C(C)(C)CCC[C@]2(C)[C@H]1C(=O)OCC(O)CO. The average Bonchev–Trinajstić information content (AvgIpc) is 2.43. The first-order chi connectivity index (χ1) is 10.2. The zero-order valence-electron chi connectivity index (χ0n) is 14.3. The molecule has 0 saturated heterocycles. The lowest BCUT2D eigenvalue weighted by Gasteiger charge is -2.55. The van der Waals surface area contributed by atoms with E-state index >= 15 is 0 Å². The molecule has 0 bridgehead atoms. The summed E-state index contributed by atoms with van der Waals surface area (Å²) in [6.07, 6.45) is 5.59. The Balaban J connectivity index is 2.23. The molecule has 1 saturated carbocycles. The fraction of sp³-hybridized carbons (Fsp3) is 0.833. The van der Waals surface area contributed by atoms with Crippen LogP contribution in [0.15, 0.2) is 11.6 Å². The number of rotatable bonds is 4. The normalized spacial score (nSPS) is 35.3. The summed E-state index contributed by atoms with van der Waals surface area (Å²) in [4.78, 5) is 12.6. The number of carbonyl (C=O) groups excluding carboxylic acids is 1. The Bertz CT molecular complexity index is 454. The van der Waals surface area contributed by atoms with E-state index in [0.29, 0.717) is 5.92 Å². The third-order valence-electron chi connectivity index (χ3n) is 5.93. The molecule has 0 amide bonds. The molecule has 1 unspecified atom stereocenters. The molecule has 2 N–H and O–H groups in total. The second kappa shape index (κ2) is 6.32. The van der Waals surface area contributed by atoms with Gasteiger partial charge < -0.3 is 14.9 Å². The summed E-state index contributed by atoms with van der Waals surface area (Å²) in [6, 6.07) is 0. The molecule has 2 rings (SSSR count). The van der Waals surface area contributed by atoms with Crippen molar-refractivity contribution >= 4 is 5.97 Å². The van der Waals surface area contributed by atoms with Crippen molar-refractivity contribution in [2.24, 2.45) is 22.7 Å². The highest BCUT2D eigenvalue weighted by atomic mass is 16.5. The van der Waals surface area contributed by atoms with Gasteiger partial charge in [0.2, 0.25) is 0 Å². The largest absolute Gasteiger partial charge is 0.462 e. The molecule has 0 aromatic rings. The molecule has 0 aliphatic heterocycles. The van der Waals surface area contributed by atoms with E-state index in [1.807, 2.05) is 6.92 Å². The molecule has 4 heteroatoms. The van der Waals surface area contributed by atoms with Crippen molar-refractivity contribution in [1.82, 2.24) is 0 Å². The van der Waals surface area contributed by atoms with Gasteiger partial charge in [-0.05, 0) is 42.9 Å². The molecule has 0 heterocycles. The smallest absolute Gasteiger partial charge is 0.313 e. The Morgan fingerprint density at radius 3 is 2.73 bits per heavy atom. The zero-order valence-corrected chi connectivity index (χ0v) is 14.3. The van der Waals surface area contributed by atoms with E-state index in [-0.39, 0.29) is 35.9 Å². The minimum absolute atomic E-state index is 0.0815. The van der Waals surface area contributed by atoms with Crippen molar-refractivity contribution in [3.05, 3.63) is 11.6 Å². The first kappa shape index (κ1) is 17.5. The van der Waals surface area contributed by atoms with E-state index in [0.717, 1.165) is 24.8 Å².